The van der Waals surface area contributed by atoms with Gasteiger partial charge in [0.05, 0.1) is 19.5 Å². The molecule has 2 aliphatic rings. The molecule has 2 aliphatic heterocycles. The van der Waals surface area contributed by atoms with Crippen LogP contribution in [0.15, 0.2) is 34.5 Å². The van der Waals surface area contributed by atoms with E-state index in [1.165, 1.54) is 17.2 Å². The van der Waals surface area contributed by atoms with Crippen molar-refractivity contribution in [1.82, 2.24) is 35.2 Å². The summed E-state index contributed by atoms with van der Waals surface area (Å²) in [6, 6.07) is 0.989. The highest BCUT2D eigenvalue weighted by molar-refractivity contribution is 7.47. The molecule has 0 radical (unpaired) electrons. The number of nitrogens with zero attached hydrogens (tertiary/aromatic N) is 5. The minimum Gasteiger partial charge on any atom is -0.394 e. The number of nitrogens with one attached hydrogen (secondary N) is 1. The number of hydrogen-bond acceptors (Lipinski definition) is 16. The van der Waals surface area contributed by atoms with Gasteiger partial charge in [-0.3, -0.25) is 28.0 Å². The first-order valence-corrected chi connectivity index (χ1v) is 12.9. The van der Waals surface area contributed by atoms with Crippen molar-refractivity contribution in [3.63, 3.8) is 0 Å². The van der Waals surface area contributed by atoms with E-state index < -0.39 is 81.4 Å². The van der Waals surface area contributed by atoms with Crippen molar-refractivity contribution in [3.8, 4) is 0 Å². The maximum atomic E-state index is 12.7. The van der Waals surface area contributed by atoms with Crippen molar-refractivity contribution < 1.29 is 48.4 Å². The quantitative estimate of drug-likeness (QED) is 0.118. The standard InChI is InChI=1S/C19H24N7O12P.H3N/c20-15-10-16(22-5-21-15)26(6-23-10)17-12(30)11(29)8(37-17)4-35-39(33,34)38-14-7(3-27)36-18(13(14)31)25-2-1-9(28)24-19(25)32;/h1-2,5-8,11-14,17-18,27,29-31H,3-4H2,(H,33,34)(H2,20,21,22)(H,24,28,32);1H3/t7-,8-,11-,12-,13-,14-,17-,18-;/m1./s1. The van der Waals surface area contributed by atoms with Gasteiger partial charge in [0.2, 0.25) is 0 Å². The van der Waals surface area contributed by atoms with Crippen LogP contribution in [0.3, 0.4) is 0 Å². The predicted octanol–water partition coefficient (Wildman–Crippen LogP) is -3.51. The first-order chi connectivity index (χ1) is 18.5. The molecular formula is C19H27N8O12P. The molecule has 3 aromatic rings. The zero-order valence-corrected chi connectivity index (χ0v) is 21.3. The molecule has 0 amide bonds. The number of phosphoric acid groups is 1. The highest BCUT2D eigenvalue weighted by atomic mass is 31.2. The number of anilines is 1. The Balaban J connectivity index is 0.00000370. The highest BCUT2D eigenvalue weighted by Crippen LogP contribution is 2.49. The minimum atomic E-state index is -5.02. The van der Waals surface area contributed by atoms with Crippen LogP contribution < -0.4 is 23.1 Å². The van der Waals surface area contributed by atoms with Crippen LogP contribution in [0.2, 0.25) is 0 Å². The molecule has 5 heterocycles. The third-order valence-electron chi connectivity index (χ3n) is 6.27. The van der Waals surface area contributed by atoms with E-state index in [0.717, 1.165) is 16.8 Å². The number of nitrogens with two attached hydrogens (primary N) is 1. The number of nitrogen functional groups attached to an aromatic ring is 1. The Kier molecular flexibility index (Phi) is 8.49. The van der Waals surface area contributed by atoms with Gasteiger partial charge in [0.25, 0.3) is 5.56 Å². The summed E-state index contributed by atoms with van der Waals surface area (Å²) in [5.41, 5.74) is 4.56. The van der Waals surface area contributed by atoms with Crippen molar-refractivity contribution >= 4 is 24.8 Å². The summed E-state index contributed by atoms with van der Waals surface area (Å²) in [7, 11) is -5.02. The van der Waals surface area contributed by atoms with E-state index in [2.05, 4.69) is 15.0 Å². The Hall–Kier alpha value is -3.14. The summed E-state index contributed by atoms with van der Waals surface area (Å²) in [5, 5.41) is 41.2. The summed E-state index contributed by atoms with van der Waals surface area (Å²) in [5.74, 6) is 0.0805. The maximum Gasteiger partial charge on any atom is 0.472 e. The van der Waals surface area contributed by atoms with E-state index in [1.54, 1.807) is 0 Å². The van der Waals surface area contributed by atoms with Gasteiger partial charge >= 0.3 is 13.5 Å². The van der Waals surface area contributed by atoms with E-state index in [0.29, 0.717) is 0 Å². The molecule has 0 aromatic carbocycles. The van der Waals surface area contributed by atoms with Crippen molar-refractivity contribution in [3.05, 3.63) is 45.8 Å². The molecule has 2 saturated heterocycles. The number of aliphatic hydroxyl groups excluding tert-OH is 4. The van der Waals surface area contributed by atoms with E-state index in [1.807, 2.05) is 4.98 Å². The molecule has 2 fully saturated rings. The van der Waals surface area contributed by atoms with Gasteiger partial charge in [0, 0.05) is 12.3 Å². The summed E-state index contributed by atoms with van der Waals surface area (Å²) in [4.78, 5) is 47.6. The van der Waals surface area contributed by atoms with Crippen LogP contribution in [0.25, 0.3) is 11.2 Å². The molecular weight excluding hydrogens is 563 g/mol. The zero-order valence-electron chi connectivity index (χ0n) is 20.4. The molecule has 1 unspecified atom stereocenters. The van der Waals surface area contributed by atoms with Gasteiger partial charge in [-0.15, -0.1) is 0 Å². The van der Waals surface area contributed by atoms with Crippen LogP contribution >= 0.6 is 7.82 Å². The zero-order chi connectivity index (χ0) is 28.1. The second-order valence-corrected chi connectivity index (χ2v) is 10.1. The lowest BCUT2D eigenvalue weighted by Crippen LogP contribution is -2.39. The van der Waals surface area contributed by atoms with Gasteiger partial charge in [0.1, 0.15) is 48.5 Å². The molecule has 0 saturated carbocycles. The number of imidazole rings is 1. The first-order valence-electron chi connectivity index (χ1n) is 11.4. The largest absolute Gasteiger partial charge is 0.472 e. The monoisotopic (exact) mass is 590 g/mol. The number of fused-ring (bicyclic) bond motifs is 1. The fraction of sp³-hybridized carbons (Fsp3) is 0.526. The lowest BCUT2D eigenvalue weighted by Gasteiger charge is -2.23. The number of hydrogen-bond donors (Lipinski definition) is 8. The number of ether oxygens (including phenoxy) is 2. The Morgan fingerprint density at radius 2 is 1.75 bits per heavy atom. The molecule has 11 N–H and O–H groups in total. The molecule has 0 bridgehead atoms. The number of phosphoric ester groups is 1. The molecule has 0 aliphatic carbocycles. The number of aliphatic hydroxyl groups is 4. The normalized spacial score (nSPS) is 31.7. The fourth-order valence-corrected chi connectivity index (χ4v) is 5.32. The lowest BCUT2D eigenvalue weighted by atomic mass is 10.1. The Morgan fingerprint density at radius 3 is 2.45 bits per heavy atom. The van der Waals surface area contributed by atoms with Crippen LogP contribution in [-0.4, -0.2) is 104 Å². The van der Waals surface area contributed by atoms with Crippen molar-refractivity contribution in [2.24, 2.45) is 0 Å². The van der Waals surface area contributed by atoms with Crippen LogP contribution in [0.5, 0.6) is 0 Å². The van der Waals surface area contributed by atoms with Crippen LogP contribution in [0.4, 0.5) is 5.82 Å². The van der Waals surface area contributed by atoms with Crippen molar-refractivity contribution in [2.75, 3.05) is 18.9 Å². The predicted molar refractivity (Wildman–Crippen MR) is 130 cm³/mol. The number of rotatable bonds is 8. The van der Waals surface area contributed by atoms with Crippen LogP contribution in [-0.2, 0) is 23.1 Å². The Bertz CT molecular complexity index is 1510. The fourth-order valence-electron chi connectivity index (χ4n) is 4.36. The molecule has 0 spiro atoms. The second kappa shape index (κ2) is 11.4. The van der Waals surface area contributed by atoms with E-state index in [-0.39, 0.29) is 23.1 Å². The third-order valence-corrected chi connectivity index (χ3v) is 7.26. The molecule has 21 heteroatoms. The highest BCUT2D eigenvalue weighted by Gasteiger charge is 2.50. The topological polar surface area (TPSA) is 315 Å². The van der Waals surface area contributed by atoms with Crippen LogP contribution in [0.1, 0.15) is 12.5 Å². The summed E-state index contributed by atoms with van der Waals surface area (Å²) in [6.07, 6.45) is -8.41. The molecule has 5 rings (SSSR count). The van der Waals surface area contributed by atoms with Gasteiger partial charge in [-0.2, -0.15) is 0 Å². The van der Waals surface area contributed by atoms with Gasteiger partial charge < -0.3 is 46.7 Å². The molecule has 9 atom stereocenters. The van der Waals surface area contributed by atoms with E-state index in [9.17, 15) is 39.5 Å². The summed E-state index contributed by atoms with van der Waals surface area (Å²) in [6.45, 7) is -1.52. The van der Waals surface area contributed by atoms with E-state index >= 15 is 0 Å². The number of aromatic amines is 1. The molecule has 3 aromatic heterocycles. The maximum absolute atomic E-state index is 12.7. The second-order valence-electron chi connectivity index (χ2n) is 8.72. The van der Waals surface area contributed by atoms with Gasteiger partial charge in [-0.1, -0.05) is 0 Å². The summed E-state index contributed by atoms with van der Waals surface area (Å²) >= 11 is 0. The van der Waals surface area contributed by atoms with Crippen molar-refractivity contribution in [1.29, 1.82) is 0 Å². The Morgan fingerprint density at radius 1 is 1.05 bits per heavy atom. The van der Waals surface area contributed by atoms with Gasteiger partial charge in [-0.05, 0) is 0 Å². The van der Waals surface area contributed by atoms with Crippen molar-refractivity contribution in [2.45, 2.75) is 49.1 Å². The summed E-state index contributed by atoms with van der Waals surface area (Å²) < 4.78 is 35.8. The SMILES string of the molecule is N.Nc1ncnc2c1ncn2[C@@H]1O[C@H](COP(=O)(O)O[C@H]2[C@@H](O)[C@H](n3ccc(=O)[nH]c3=O)O[C@@H]2CO)[C@@H](O)[C@H]1O. The smallest absolute Gasteiger partial charge is 0.394 e. The number of H-pyrrole nitrogens is 1. The molecule has 40 heavy (non-hydrogen) atoms. The molecule has 220 valence electrons. The number of aromatic nitrogens is 6. The first kappa shape index (κ1) is 29.8. The minimum absolute atomic E-state index is 0. The van der Waals surface area contributed by atoms with Crippen LogP contribution in [0, 0.1) is 0 Å². The average molecular weight is 590 g/mol. The lowest BCUT2D eigenvalue weighted by molar-refractivity contribution is -0.0594. The average Bonchev–Trinajstić information content (AvgIpc) is 3.53. The van der Waals surface area contributed by atoms with E-state index in [4.69, 9.17) is 24.3 Å². The molecule has 20 nitrogen and oxygen atoms in total. The third kappa shape index (κ3) is 5.42. The van der Waals surface area contributed by atoms with Gasteiger partial charge in [0.15, 0.2) is 23.9 Å². The van der Waals surface area contributed by atoms with Gasteiger partial charge in [-0.25, -0.2) is 24.3 Å². The Labute approximate surface area is 222 Å².